The summed E-state index contributed by atoms with van der Waals surface area (Å²) in [6.45, 7) is 14.5. The molecule has 28 heavy (non-hydrogen) atoms. The lowest BCUT2D eigenvalue weighted by Gasteiger charge is -2.32. The van der Waals surface area contributed by atoms with Gasteiger partial charge in [-0.05, 0) is 67.1 Å². The number of hydrogen-bond acceptors (Lipinski definition) is 6. The molecule has 0 bridgehead atoms. The molecule has 0 saturated carbocycles. The highest BCUT2D eigenvalue weighted by Gasteiger charge is 2.50. The summed E-state index contributed by atoms with van der Waals surface area (Å²) in [4.78, 5) is 26.2. The summed E-state index contributed by atoms with van der Waals surface area (Å²) in [5.74, 6) is -0.551. The van der Waals surface area contributed by atoms with E-state index in [4.69, 9.17) is 18.8 Å². The molecule has 2 aliphatic heterocycles. The van der Waals surface area contributed by atoms with E-state index in [1.165, 1.54) is 7.11 Å². The van der Waals surface area contributed by atoms with Gasteiger partial charge in [-0.25, -0.2) is 4.79 Å². The second-order valence-corrected chi connectivity index (χ2v) is 9.89. The van der Waals surface area contributed by atoms with Crippen LogP contribution >= 0.6 is 0 Å². The number of rotatable bonds is 5. The molecule has 2 heterocycles. The van der Waals surface area contributed by atoms with Crippen molar-refractivity contribution in [2.24, 2.45) is 11.8 Å². The summed E-state index contributed by atoms with van der Waals surface area (Å²) in [5, 5.41) is 0. The third kappa shape index (κ3) is 5.41. The molecule has 0 aromatic heterocycles. The summed E-state index contributed by atoms with van der Waals surface area (Å²) >= 11 is 0. The fraction of sp³-hybridized carbons (Fsp3) is 0.900. The van der Waals surface area contributed by atoms with Crippen molar-refractivity contribution >= 4 is 19.2 Å². The van der Waals surface area contributed by atoms with Gasteiger partial charge in [-0.3, -0.25) is 4.79 Å². The highest BCUT2D eigenvalue weighted by atomic mass is 16.7. The first-order chi connectivity index (χ1) is 12.8. The number of methoxy groups -OCH3 is 1. The van der Waals surface area contributed by atoms with Crippen LogP contribution in [0.25, 0.3) is 0 Å². The number of hydrogen-bond donors (Lipinski definition) is 0. The Balaban J connectivity index is 1.91. The normalized spacial score (nSPS) is 26.4. The molecular formula is C20H36BNO6. The molecule has 2 aliphatic rings. The molecule has 2 atom stereocenters. The largest absolute Gasteiger partial charge is 0.469 e. The average molecular weight is 397 g/mol. The zero-order valence-electron chi connectivity index (χ0n) is 18.7. The lowest BCUT2D eigenvalue weighted by Crippen LogP contribution is -2.41. The third-order valence-corrected chi connectivity index (χ3v) is 5.91. The van der Waals surface area contributed by atoms with Gasteiger partial charge >= 0.3 is 19.2 Å². The molecule has 0 spiro atoms. The molecular weight excluding hydrogens is 361 g/mol. The Morgan fingerprint density at radius 3 is 2.18 bits per heavy atom. The number of carbonyl (C=O) groups excluding carboxylic acids is 2. The molecule has 1 amide bonds. The van der Waals surface area contributed by atoms with Crippen molar-refractivity contribution in [2.45, 2.75) is 84.4 Å². The molecule has 8 heteroatoms. The van der Waals surface area contributed by atoms with Gasteiger partial charge in [0.25, 0.3) is 0 Å². The van der Waals surface area contributed by atoms with Crippen molar-refractivity contribution in [3.05, 3.63) is 0 Å². The number of amides is 1. The van der Waals surface area contributed by atoms with Crippen LogP contribution in [0.5, 0.6) is 0 Å². The molecule has 1 unspecified atom stereocenters. The van der Waals surface area contributed by atoms with Gasteiger partial charge in [0.15, 0.2) is 0 Å². The smallest absolute Gasteiger partial charge is 0.457 e. The van der Waals surface area contributed by atoms with Gasteiger partial charge < -0.3 is 23.7 Å². The molecule has 0 aromatic carbocycles. The van der Waals surface area contributed by atoms with Gasteiger partial charge in [-0.1, -0.05) is 6.42 Å². The fourth-order valence-electron chi connectivity index (χ4n) is 3.69. The van der Waals surface area contributed by atoms with E-state index < -0.39 is 5.60 Å². The maximum atomic E-state index is 12.4. The van der Waals surface area contributed by atoms with Crippen LogP contribution in [0.3, 0.4) is 0 Å². The van der Waals surface area contributed by atoms with Crippen LogP contribution in [0.1, 0.15) is 61.3 Å². The van der Waals surface area contributed by atoms with E-state index in [0.29, 0.717) is 13.1 Å². The molecule has 0 aliphatic carbocycles. The highest BCUT2D eigenvalue weighted by Crippen LogP contribution is 2.38. The van der Waals surface area contributed by atoms with Gasteiger partial charge in [0.1, 0.15) is 5.60 Å². The average Bonchev–Trinajstić information content (AvgIpc) is 3.04. The van der Waals surface area contributed by atoms with Gasteiger partial charge in [-0.15, -0.1) is 0 Å². The van der Waals surface area contributed by atoms with Crippen molar-refractivity contribution < 1.29 is 28.4 Å². The summed E-state index contributed by atoms with van der Waals surface area (Å²) in [7, 11) is 1.14. The van der Waals surface area contributed by atoms with Crippen LogP contribution in [0.4, 0.5) is 4.79 Å². The lowest BCUT2D eigenvalue weighted by atomic mass is 9.79. The molecule has 2 saturated heterocycles. The van der Waals surface area contributed by atoms with E-state index in [1.807, 2.05) is 48.5 Å². The number of ether oxygens (including phenoxy) is 2. The fourth-order valence-corrected chi connectivity index (χ4v) is 3.69. The molecule has 2 rings (SSSR count). The minimum absolute atomic E-state index is 0.0439. The zero-order valence-corrected chi connectivity index (χ0v) is 18.7. The summed E-state index contributed by atoms with van der Waals surface area (Å²) in [6.07, 6.45) is 2.01. The van der Waals surface area contributed by atoms with E-state index in [1.54, 1.807) is 4.90 Å². The second-order valence-electron chi connectivity index (χ2n) is 9.89. The van der Waals surface area contributed by atoms with Crippen molar-refractivity contribution in [1.29, 1.82) is 0 Å². The van der Waals surface area contributed by atoms with Crippen molar-refractivity contribution in [3.8, 4) is 0 Å². The number of esters is 1. The Bertz CT molecular complexity index is 570. The van der Waals surface area contributed by atoms with Crippen LogP contribution in [0.15, 0.2) is 0 Å². The summed E-state index contributed by atoms with van der Waals surface area (Å²) in [5.41, 5.74) is -1.24. The molecule has 2 fully saturated rings. The van der Waals surface area contributed by atoms with Gasteiger partial charge in [-0.2, -0.15) is 0 Å². The number of nitrogens with zero attached hydrogens (tertiary/aromatic N) is 1. The minimum atomic E-state index is -0.563. The van der Waals surface area contributed by atoms with Crippen molar-refractivity contribution in [3.63, 3.8) is 0 Å². The summed E-state index contributed by atoms with van der Waals surface area (Å²) < 4.78 is 22.5. The Kier molecular flexibility index (Phi) is 6.76. The summed E-state index contributed by atoms with van der Waals surface area (Å²) in [6, 6.07) is 0. The van der Waals surface area contributed by atoms with Crippen molar-refractivity contribution in [2.75, 3.05) is 20.2 Å². The maximum absolute atomic E-state index is 12.4. The SMILES string of the molecule is COC(=O)C1CN(C(=O)OC(C)(C)C)C[C@@H]1CCCB1OC(C)(C)C(C)(C)O1. The van der Waals surface area contributed by atoms with Crippen LogP contribution in [0, 0.1) is 11.8 Å². The lowest BCUT2D eigenvalue weighted by molar-refractivity contribution is -0.146. The zero-order chi connectivity index (χ0) is 21.3. The Morgan fingerprint density at radius 1 is 1.11 bits per heavy atom. The maximum Gasteiger partial charge on any atom is 0.457 e. The Morgan fingerprint density at radius 2 is 1.68 bits per heavy atom. The van der Waals surface area contributed by atoms with E-state index in [0.717, 1.165) is 19.2 Å². The molecule has 160 valence electrons. The standard InChI is InChI=1S/C20H36BNO6/c1-18(2,3)26-17(24)22-12-14(15(13-22)16(23)25-8)10-9-11-21-27-19(4,5)20(6,7)28-21/h14-15H,9-13H2,1-8H3/t14-,15?/m0/s1. The van der Waals surface area contributed by atoms with E-state index >= 15 is 0 Å². The van der Waals surface area contributed by atoms with Crippen LogP contribution in [0.2, 0.25) is 6.32 Å². The van der Waals surface area contributed by atoms with Crippen LogP contribution in [-0.2, 0) is 23.6 Å². The Hall–Kier alpha value is -1.28. The van der Waals surface area contributed by atoms with Gasteiger partial charge in [0, 0.05) is 13.1 Å². The van der Waals surface area contributed by atoms with Crippen LogP contribution < -0.4 is 0 Å². The quantitative estimate of drug-likeness (QED) is 0.522. The number of carbonyl (C=O) groups is 2. The molecule has 0 N–H and O–H groups in total. The van der Waals surface area contributed by atoms with E-state index in [2.05, 4.69) is 0 Å². The van der Waals surface area contributed by atoms with Crippen LogP contribution in [-0.4, -0.2) is 61.1 Å². The molecule has 0 aromatic rings. The molecule has 7 nitrogen and oxygen atoms in total. The topological polar surface area (TPSA) is 74.3 Å². The third-order valence-electron chi connectivity index (χ3n) is 5.91. The highest BCUT2D eigenvalue weighted by molar-refractivity contribution is 6.45. The minimum Gasteiger partial charge on any atom is -0.469 e. The molecule has 0 radical (unpaired) electrons. The second kappa shape index (κ2) is 8.23. The first kappa shape index (κ1) is 23.0. The number of likely N-dealkylation sites (tertiary alicyclic amines) is 1. The van der Waals surface area contributed by atoms with E-state index in [-0.39, 0.29) is 42.2 Å². The van der Waals surface area contributed by atoms with Gasteiger partial charge in [0.05, 0.1) is 24.2 Å². The first-order valence-corrected chi connectivity index (χ1v) is 10.2. The predicted molar refractivity (Wildman–Crippen MR) is 107 cm³/mol. The van der Waals surface area contributed by atoms with Crippen molar-refractivity contribution in [1.82, 2.24) is 4.90 Å². The van der Waals surface area contributed by atoms with E-state index in [9.17, 15) is 9.59 Å². The first-order valence-electron chi connectivity index (χ1n) is 10.2. The predicted octanol–water partition coefficient (Wildman–Crippen LogP) is 3.51. The monoisotopic (exact) mass is 397 g/mol. The Labute approximate surface area is 169 Å². The van der Waals surface area contributed by atoms with Gasteiger partial charge in [0.2, 0.25) is 0 Å².